The normalized spacial score (nSPS) is 45.8. The highest BCUT2D eigenvalue weighted by Crippen LogP contribution is 2.70. The summed E-state index contributed by atoms with van der Waals surface area (Å²) in [5.41, 5.74) is -0.940. The van der Waals surface area contributed by atoms with Gasteiger partial charge in [0.05, 0.1) is 49.8 Å². The number of nitrogens with one attached hydrogen (secondary N) is 2. The SMILES string of the molecule is CC(CCC(=O)NCCCN(CCCNC(=O)C(O)C(O)C(OC1O[C@H](CO)[C@H](O)[C@H](O)[C@H]1O)C(O)CO)C(=O)CCC(C)[C@H]1CC[C@H]2[C@@H]3[C@H](O)C[C@@H]4C[C@H](O)CC[C@]4(C)[C@H]3C[C@H](O)[C@]12C)[C@H]1CC[C@H]2[C@@H]3[C@H](O)C[C@@H]4C[C@H](O)CC[C@]4(C)[C@H]3C[C@H](O)[C@]12C. The highest BCUT2D eigenvalue weighted by Gasteiger charge is 2.68. The highest BCUT2D eigenvalue weighted by atomic mass is 16.7. The standard InChI is InChI=1S/C66H113N3O19/c1-33(39-11-13-41-53-43(29-49(77)65(39,41)5)63(3)19-17-37(72)25-35(63)27-45(53)74)9-15-51(79)67-21-7-23-69(24-8-22-68-61(86)58(84)57(83)60(47(76)31-70)88-62-59(85)56(82)55(81)48(32-71)87-62)52(80)16-10-34(2)40-12-14-42-54-44(30-50(78)66(40,42)6)64(4)20-18-38(73)26-36(64)28-46(54)75/h33-50,53-60,62,70-78,81-85H,7-32H2,1-6H3,(H,67,79)(H,68,86)/t33?,34?,35-,36-,37+,38+,39+,40+,41-,42-,43-,44-,45+,46+,47?,48+,49-,50-,53-,54-,55-,56-,57?,58?,59+,60?,62?,63-,64-,65+,66+/m0/s1. The first-order valence-corrected chi connectivity index (χ1v) is 34.1. The fourth-order valence-corrected chi connectivity index (χ4v) is 21.2. The summed E-state index contributed by atoms with van der Waals surface area (Å²) in [5.74, 6) is 0.317. The molecule has 88 heavy (non-hydrogen) atoms. The summed E-state index contributed by atoms with van der Waals surface area (Å²) >= 11 is 0. The van der Waals surface area contributed by atoms with Gasteiger partial charge in [-0.15, -0.1) is 0 Å². The topological polar surface area (TPSA) is 380 Å². The van der Waals surface area contributed by atoms with Gasteiger partial charge in [-0.05, 0) is 208 Å². The fraction of sp³-hybridized carbons (Fsp3) is 0.955. The molecule has 1 heterocycles. The molecule has 0 radical (unpaired) electrons. The lowest BCUT2D eigenvalue weighted by atomic mass is 9.43. The molecule has 1 aliphatic heterocycles. The largest absolute Gasteiger partial charge is 0.394 e. The summed E-state index contributed by atoms with van der Waals surface area (Å²) in [4.78, 5) is 43.0. The summed E-state index contributed by atoms with van der Waals surface area (Å²) in [6.07, 6.45) is -7.03. The molecule has 31 atom stereocenters. The molecule has 9 fully saturated rings. The second-order valence-electron chi connectivity index (χ2n) is 30.8. The van der Waals surface area contributed by atoms with Crippen LogP contribution in [-0.4, -0.2) is 225 Å². The van der Waals surface area contributed by atoms with E-state index in [0.29, 0.717) is 57.8 Å². The van der Waals surface area contributed by atoms with Crippen LogP contribution in [-0.2, 0) is 23.9 Å². The van der Waals surface area contributed by atoms with Crippen LogP contribution in [0.15, 0.2) is 0 Å². The third-order valence-corrected chi connectivity index (χ3v) is 26.5. The molecule has 0 bridgehead atoms. The molecule has 3 amide bonds. The van der Waals surface area contributed by atoms with Gasteiger partial charge in [-0.1, -0.05) is 41.5 Å². The van der Waals surface area contributed by atoms with Crippen molar-refractivity contribution in [3.63, 3.8) is 0 Å². The van der Waals surface area contributed by atoms with Crippen LogP contribution in [0.4, 0.5) is 0 Å². The van der Waals surface area contributed by atoms with Crippen LogP contribution in [0.3, 0.4) is 0 Å². The first-order valence-electron chi connectivity index (χ1n) is 34.1. The molecule has 8 saturated carbocycles. The lowest BCUT2D eigenvalue weighted by molar-refractivity contribution is -0.326. The summed E-state index contributed by atoms with van der Waals surface area (Å²) < 4.78 is 10.8. The van der Waals surface area contributed by atoms with E-state index < -0.39 is 109 Å². The Labute approximate surface area is 520 Å². The Hall–Kier alpha value is -2.23. The third kappa shape index (κ3) is 13.3. The summed E-state index contributed by atoms with van der Waals surface area (Å²) in [6, 6.07) is 0. The van der Waals surface area contributed by atoms with Crippen LogP contribution < -0.4 is 10.6 Å². The molecule has 0 aromatic heterocycles. The van der Waals surface area contributed by atoms with Crippen LogP contribution >= 0.6 is 0 Å². The van der Waals surface area contributed by atoms with Gasteiger partial charge in [-0.3, -0.25) is 14.4 Å². The highest BCUT2D eigenvalue weighted by molar-refractivity contribution is 5.81. The Bertz CT molecular complexity index is 2340. The first-order chi connectivity index (χ1) is 41.6. The van der Waals surface area contributed by atoms with Gasteiger partial charge < -0.3 is 96.5 Å². The van der Waals surface area contributed by atoms with Gasteiger partial charge >= 0.3 is 0 Å². The monoisotopic (exact) mass is 1250 g/mol. The van der Waals surface area contributed by atoms with Crippen molar-refractivity contribution in [2.45, 2.75) is 262 Å². The van der Waals surface area contributed by atoms with Crippen molar-refractivity contribution in [1.82, 2.24) is 15.5 Å². The number of hydrogen-bond donors (Lipinski definition) is 16. The molecule has 1 saturated heterocycles. The van der Waals surface area contributed by atoms with Crippen molar-refractivity contribution in [2.24, 2.45) is 92.7 Å². The number of amides is 3. The van der Waals surface area contributed by atoms with Crippen molar-refractivity contribution in [1.29, 1.82) is 0 Å². The second kappa shape index (κ2) is 28.4. The van der Waals surface area contributed by atoms with Crippen LogP contribution in [0.1, 0.15) is 170 Å². The van der Waals surface area contributed by atoms with E-state index >= 15 is 0 Å². The summed E-state index contributed by atoms with van der Waals surface area (Å²) in [7, 11) is 0. The van der Waals surface area contributed by atoms with Crippen LogP contribution in [0.25, 0.3) is 0 Å². The van der Waals surface area contributed by atoms with Crippen LogP contribution in [0.2, 0.25) is 0 Å². The maximum Gasteiger partial charge on any atom is 0.251 e. The van der Waals surface area contributed by atoms with Gasteiger partial charge in [0.15, 0.2) is 12.4 Å². The Morgan fingerprint density at radius 1 is 0.602 bits per heavy atom. The van der Waals surface area contributed by atoms with E-state index in [0.717, 1.165) is 51.4 Å². The molecule has 22 nitrogen and oxygen atoms in total. The van der Waals surface area contributed by atoms with E-state index in [2.05, 4.69) is 52.2 Å². The summed E-state index contributed by atoms with van der Waals surface area (Å²) in [5, 5.41) is 158. The number of carbonyl (C=O) groups is 3. The minimum Gasteiger partial charge on any atom is -0.394 e. The Kier molecular flexibility index (Phi) is 22.6. The van der Waals surface area contributed by atoms with E-state index in [1.165, 1.54) is 0 Å². The van der Waals surface area contributed by atoms with Crippen molar-refractivity contribution < 1.29 is 95.3 Å². The number of aliphatic hydroxyl groups is 14. The number of nitrogens with zero attached hydrogens (tertiary/aromatic N) is 1. The molecule has 0 aromatic carbocycles. The van der Waals surface area contributed by atoms with Gasteiger partial charge in [-0.2, -0.15) is 0 Å². The lowest BCUT2D eigenvalue weighted by Gasteiger charge is -2.63. The molecule has 22 heteroatoms. The van der Waals surface area contributed by atoms with E-state index in [1.54, 1.807) is 4.90 Å². The Morgan fingerprint density at radius 3 is 1.58 bits per heavy atom. The predicted molar refractivity (Wildman–Crippen MR) is 320 cm³/mol. The predicted octanol–water partition coefficient (Wildman–Crippen LogP) is 0.843. The van der Waals surface area contributed by atoms with Gasteiger partial charge in [-0.25, -0.2) is 0 Å². The Morgan fingerprint density at radius 2 is 1.09 bits per heavy atom. The van der Waals surface area contributed by atoms with Gasteiger partial charge in [0.25, 0.3) is 5.91 Å². The number of fused-ring (bicyclic) bond motifs is 10. The van der Waals surface area contributed by atoms with Crippen LogP contribution in [0, 0.1) is 92.7 Å². The lowest BCUT2D eigenvalue weighted by Crippen LogP contribution is -2.62. The van der Waals surface area contributed by atoms with E-state index in [9.17, 15) is 85.9 Å². The van der Waals surface area contributed by atoms with Gasteiger partial charge in [0.2, 0.25) is 11.8 Å². The minimum absolute atomic E-state index is 0.0243. The number of hydrogen-bond acceptors (Lipinski definition) is 19. The number of aliphatic hydroxyl groups excluding tert-OH is 14. The molecule has 7 unspecified atom stereocenters. The Balaban J connectivity index is 0.796. The first kappa shape index (κ1) is 70.1. The molecule has 16 N–H and O–H groups in total. The zero-order valence-electron chi connectivity index (χ0n) is 53.2. The van der Waals surface area contributed by atoms with Crippen molar-refractivity contribution in [3.05, 3.63) is 0 Å². The number of carbonyl (C=O) groups excluding carboxylic acids is 3. The zero-order valence-corrected chi connectivity index (χ0v) is 53.2. The smallest absolute Gasteiger partial charge is 0.251 e. The fourth-order valence-electron chi connectivity index (χ4n) is 21.2. The quantitative estimate of drug-likeness (QED) is 0.0596. The molecule has 9 aliphatic rings. The average Bonchev–Trinajstić information content (AvgIpc) is 1.33. The average molecular weight is 1250 g/mol. The van der Waals surface area contributed by atoms with Crippen molar-refractivity contribution >= 4 is 17.7 Å². The maximum atomic E-state index is 14.4. The van der Waals surface area contributed by atoms with Gasteiger partial charge in [0.1, 0.15) is 42.7 Å². The maximum absolute atomic E-state index is 14.4. The molecule has 0 aromatic rings. The van der Waals surface area contributed by atoms with Crippen molar-refractivity contribution in [2.75, 3.05) is 39.4 Å². The molecule has 506 valence electrons. The van der Waals surface area contributed by atoms with E-state index in [1.807, 2.05) is 0 Å². The molecular formula is C66H113N3O19. The van der Waals surface area contributed by atoms with Crippen LogP contribution in [0.5, 0.6) is 0 Å². The molecule has 8 aliphatic carbocycles. The zero-order chi connectivity index (χ0) is 64.1. The van der Waals surface area contributed by atoms with E-state index in [4.69, 9.17) is 9.47 Å². The molecular weight excluding hydrogens is 1140 g/mol. The number of ether oxygens (including phenoxy) is 2. The minimum atomic E-state index is -2.27. The van der Waals surface area contributed by atoms with Crippen molar-refractivity contribution in [3.8, 4) is 0 Å². The summed E-state index contributed by atoms with van der Waals surface area (Å²) in [6.45, 7) is 12.2. The third-order valence-electron chi connectivity index (χ3n) is 26.5. The van der Waals surface area contributed by atoms with E-state index in [-0.39, 0.29) is 151 Å². The van der Waals surface area contributed by atoms with Gasteiger partial charge in [0, 0.05) is 39.0 Å². The molecule has 0 spiro atoms. The number of rotatable bonds is 24. The second-order valence-corrected chi connectivity index (χ2v) is 30.8. The molecule has 9 rings (SSSR count).